The maximum absolute atomic E-state index is 12.5. The second-order valence-corrected chi connectivity index (χ2v) is 5.42. The molecule has 0 atom stereocenters. The third-order valence-corrected chi connectivity index (χ3v) is 3.67. The number of hydrogen-bond acceptors (Lipinski definition) is 3. The van der Waals surface area contributed by atoms with Crippen molar-refractivity contribution in [1.82, 2.24) is 10.6 Å². The molecular formula is C19H26ClN3O. The van der Waals surface area contributed by atoms with E-state index in [0.717, 1.165) is 30.9 Å². The van der Waals surface area contributed by atoms with Crippen molar-refractivity contribution in [2.75, 3.05) is 31.6 Å². The van der Waals surface area contributed by atoms with E-state index >= 15 is 0 Å². The second-order valence-electron chi connectivity index (χ2n) is 5.42. The van der Waals surface area contributed by atoms with E-state index in [0.29, 0.717) is 12.1 Å². The Bertz CT molecular complexity index is 619. The lowest BCUT2D eigenvalue weighted by molar-refractivity contribution is 0.0954. The number of halogens is 1. The highest BCUT2D eigenvalue weighted by Crippen LogP contribution is 2.26. The fourth-order valence-corrected chi connectivity index (χ4v) is 2.41. The van der Waals surface area contributed by atoms with Crippen molar-refractivity contribution >= 4 is 29.7 Å². The van der Waals surface area contributed by atoms with E-state index in [1.54, 1.807) is 0 Å². The van der Waals surface area contributed by atoms with E-state index in [2.05, 4.69) is 17.6 Å². The van der Waals surface area contributed by atoms with Gasteiger partial charge in [-0.05, 0) is 37.2 Å². The van der Waals surface area contributed by atoms with Crippen molar-refractivity contribution in [3.63, 3.8) is 0 Å². The van der Waals surface area contributed by atoms with Gasteiger partial charge in [0.1, 0.15) is 0 Å². The van der Waals surface area contributed by atoms with E-state index in [9.17, 15) is 4.79 Å². The molecule has 4 nitrogen and oxygen atoms in total. The van der Waals surface area contributed by atoms with Gasteiger partial charge in [0.2, 0.25) is 0 Å². The summed E-state index contributed by atoms with van der Waals surface area (Å²) in [6.07, 6.45) is 1.10. The Morgan fingerprint density at radius 1 is 0.958 bits per heavy atom. The van der Waals surface area contributed by atoms with E-state index in [1.165, 1.54) is 0 Å². The number of carbonyl (C=O) groups is 1. The zero-order chi connectivity index (χ0) is 16.5. The van der Waals surface area contributed by atoms with Gasteiger partial charge >= 0.3 is 0 Å². The average molecular weight is 348 g/mol. The number of amides is 1. The number of rotatable bonds is 8. The Morgan fingerprint density at radius 3 is 2.33 bits per heavy atom. The summed E-state index contributed by atoms with van der Waals surface area (Å²) in [4.78, 5) is 14.5. The zero-order valence-electron chi connectivity index (χ0n) is 14.3. The lowest BCUT2D eigenvalue weighted by Crippen LogP contribution is -2.32. The third-order valence-electron chi connectivity index (χ3n) is 3.67. The lowest BCUT2D eigenvalue weighted by atomic mass is 10.1. The largest absolute Gasteiger partial charge is 0.351 e. The van der Waals surface area contributed by atoms with Crippen LogP contribution in [0.5, 0.6) is 0 Å². The minimum atomic E-state index is -0.0401. The molecule has 24 heavy (non-hydrogen) atoms. The highest BCUT2D eigenvalue weighted by molar-refractivity contribution is 6.00. The molecule has 2 aromatic rings. The molecule has 0 bridgehead atoms. The number of anilines is 2. The molecule has 0 saturated heterocycles. The van der Waals surface area contributed by atoms with Gasteiger partial charge in [-0.15, -0.1) is 12.4 Å². The number of hydrogen-bond donors (Lipinski definition) is 2. The van der Waals surface area contributed by atoms with Gasteiger partial charge in [0.25, 0.3) is 5.91 Å². The number of nitrogens with one attached hydrogen (secondary N) is 2. The molecule has 0 radical (unpaired) electrons. The van der Waals surface area contributed by atoms with Crippen molar-refractivity contribution in [2.24, 2.45) is 0 Å². The summed E-state index contributed by atoms with van der Waals surface area (Å²) >= 11 is 0. The zero-order valence-corrected chi connectivity index (χ0v) is 15.1. The van der Waals surface area contributed by atoms with Gasteiger partial charge in [0, 0.05) is 25.8 Å². The first-order valence-electron chi connectivity index (χ1n) is 8.10. The summed E-state index contributed by atoms with van der Waals surface area (Å²) in [6, 6.07) is 17.7. The molecule has 2 rings (SSSR count). The van der Waals surface area contributed by atoms with Gasteiger partial charge in [0.15, 0.2) is 0 Å². The smallest absolute Gasteiger partial charge is 0.253 e. The first-order chi connectivity index (χ1) is 11.2. The Labute approximate surface area is 150 Å². The molecule has 2 N–H and O–H groups in total. The first kappa shape index (κ1) is 20.0. The molecule has 1 amide bonds. The highest BCUT2D eigenvalue weighted by Gasteiger charge is 2.14. The quantitative estimate of drug-likeness (QED) is 0.717. The topological polar surface area (TPSA) is 44.4 Å². The number of benzene rings is 2. The Morgan fingerprint density at radius 2 is 1.62 bits per heavy atom. The Balaban J connectivity index is 0.00000288. The minimum Gasteiger partial charge on any atom is -0.351 e. The van der Waals surface area contributed by atoms with Crippen molar-refractivity contribution in [3.05, 3.63) is 60.2 Å². The van der Waals surface area contributed by atoms with Crippen molar-refractivity contribution in [2.45, 2.75) is 13.3 Å². The molecule has 0 aromatic heterocycles. The molecule has 0 aliphatic carbocycles. The number of carbonyl (C=O) groups excluding carboxylic acids is 1. The molecule has 0 heterocycles. The van der Waals surface area contributed by atoms with E-state index in [1.807, 2.05) is 66.5 Å². The Hall–Kier alpha value is -2.04. The molecule has 0 fully saturated rings. The first-order valence-corrected chi connectivity index (χ1v) is 8.10. The SMILES string of the molecule is CCCNCCNC(=O)c1ccccc1N(C)c1ccccc1.Cl. The summed E-state index contributed by atoms with van der Waals surface area (Å²) < 4.78 is 0. The normalized spacial score (nSPS) is 9.92. The van der Waals surface area contributed by atoms with Crippen LogP contribution in [0.2, 0.25) is 0 Å². The Kier molecular flexibility index (Phi) is 8.90. The average Bonchev–Trinajstić information content (AvgIpc) is 2.61. The van der Waals surface area contributed by atoms with E-state index < -0.39 is 0 Å². The summed E-state index contributed by atoms with van der Waals surface area (Å²) in [6.45, 7) is 4.52. The molecule has 0 spiro atoms. The molecule has 5 heteroatoms. The van der Waals surface area contributed by atoms with Crippen LogP contribution in [-0.4, -0.2) is 32.6 Å². The van der Waals surface area contributed by atoms with E-state index in [-0.39, 0.29) is 18.3 Å². The number of nitrogens with zero attached hydrogens (tertiary/aromatic N) is 1. The van der Waals surface area contributed by atoms with Gasteiger partial charge in [-0.2, -0.15) is 0 Å². The van der Waals surface area contributed by atoms with Crippen molar-refractivity contribution in [1.29, 1.82) is 0 Å². The van der Waals surface area contributed by atoms with Crippen LogP contribution in [-0.2, 0) is 0 Å². The summed E-state index contributed by atoms with van der Waals surface area (Å²) in [5, 5.41) is 6.26. The van der Waals surface area contributed by atoms with Gasteiger partial charge < -0.3 is 15.5 Å². The van der Waals surface area contributed by atoms with Crippen LogP contribution in [0.15, 0.2) is 54.6 Å². The fourth-order valence-electron chi connectivity index (χ4n) is 2.41. The van der Waals surface area contributed by atoms with Crippen molar-refractivity contribution < 1.29 is 4.79 Å². The molecule has 0 aliphatic rings. The van der Waals surface area contributed by atoms with Crippen LogP contribution in [0, 0.1) is 0 Å². The molecule has 130 valence electrons. The van der Waals surface area contributed by atoms with Gasteiger partial charge in [-0.25, -0.2) is 0 Å². The standard InChI is InChI=1S/C19H25N3O.ClH/c1-3-13-20-14-15-21-19(23)17-11-7-8-12-18(17)22(2)16-9-5-4-6-10-16;/h4-12,20H,3,13-15H2,1-2H3,(H,21,23);1H. The van der Waals surface area contributed by atoms with Gasteiger partial charge in [-0.3, -0.25) is 4.79 Å². The van der Waals surface area contributed by atoms with Gasteiger partial charge in [-0.1, -0.05) is 37.3 Å². The van der Waals surface area contributed by atoms with Gasteiger partial charge in [0.05, 0.1) is 11.3 Å². The van der Waals surface area contributed by atoms with Crippen LogP contribution >= 0.6 is 12.4 Å². The van der Waals surface area contributed by atoms with Crippen molar-refractivity contribution in [3.8, 4) is 0 Å². The van der Waals surface area contributed by atoms with E-state index in [4.69, 9.17) is 0 Å². The van der Waals surface area contributed by atoms with Crippen LogP contribution in [0.1, 0.15) is 23.7 Å². The predicted molar refractivity (Wildman–Crippen MR) is 104 cm³/mol. The molecular weight excluding hydrogens is 322 g/mol. The maximum atomic E-state index is 12.5. The molecule has 2 aromatic carbocycles. The number of para-hydroxylation sites is 2. The summed E-state index contributed by atoms with van der Waals surface area (Å²) in [5.74, 6) is -0.0401. The summed E-state index contributed by atoms with van der Waals surface area (Å²) in [5.41, 5.74) is 2.64. The molecule has 0 unspecified atom stereocenters. The minimum absolute atomic E-state index is 0. The van der Waals surface area contributed by atoms with Crippen LogP contribution in [0.3, 0.4) is 0 Å². The second kappa shape index (κ2) is 10.7. The monoisotopic (exact) mass is 347 g/mol. The predicted octanol–water partition coefficient (Wildman–Crippen LogP) is 3.61. The third kappa shape index (κ3) is 5.55. The molecule has 0 aliphatic heterocycles. The fraction of sp³-hybridized carbons (Fsp3) is 0.316. The molecule has 0 saturated carbocycles. The van der Waals surface area contributed by atoms with Crippen LogP contribution in [0.25, 0.3) is 0 Å². The maximum Gasteiger partial charge on any atom is 0.253 e. The summed E-state index contributed by atoms with van der Waals surface area (Å²) in [7, 11) is 1.98. The van der Waals surface area contributed by atoms with Crippen LogP contribution < -0.4 is 15.5 Å². The highest BCUT2D eigenvalue weighted by atomic mass is 35.5. The lowest BCUT2D eigenvalue weighted by Gasteiger charge is -2.22. The van der Waals surface area contributed by atoms with Crippen LogP contribution in [0.4, 0.5) is 11.4 Å².